The third-order valence-corrected chi connectivity index (χ3v) is 4.42. The monoisotopic (exact) mass is 332 g/mol. The largest absolute Gasteiger partial charge is 0.381 e. The Morgan fingerprint density at radius 1 is 1.11 bits per heavy atom. The third kappa shape index (κ3) is 3.08. The average molecular weight is 333 g/mol. The number of anilines is 1. The molecule has 0 aliphatic rings. The molecule has 0 aliphatic heterocycles. The lowest BCUT2D eigenvalue weighted by Gasteiger charge is -2.08. The summed E-state index contributed by atoms with van der Waals surface area (Å²) in [5.74, 6) is 0. The van der Waals surface area contributed by atoms with Crippen LogP contribution in [0, 0.1) is 0 Å². The number of nitrogens with one attached hydrogen (secondary N) is 1. The first kappa shape index (κ1) is 12.5. The standard InChI is InChI=1S/C15H13BrN2S/c16-15-8-12(11-19-15)10-17-13-4-3-5-14(9-13)18-6-1-2-7-18/h1-9,11,17H,10H2. The molecule has 19 heavy (non-hydrogen) atoms. The van der Waals surface area contributed by atoms with Crippen molar-refractivity contribution in [2.45, 2.75) is 6.54 Å². The molecule has 0 bridgehead atoms. The van der Waals surface area contributed by atoms with Gasteiger partial charge in [-0.2, -0.15) is 0 Å². The number of benzene rings is 1. The van der Waals surface area contributed by atoms with Gasteiger partial charge in [0.05, 0.1) is 3.79 Å². The zero-order valence-corrected chi connectivity index (χ0v) is 12.6. The van der Waals surface area contributed by atoms with Crippen molar-refractivity contribution in [2.75, 3.05) is 5.32 Å². The Kier molecular flexibility index (Phi) is 3.71. The van der Waals surface area contributed by atoms with Gasteiger partial charge < -0.3 is 9.88 Å². The molecule has 0 unspecified atom stereocenters. The van der Waals surface area contributed by atoms with E-state index in [9.17, 15) is 0 Å². The van der Waals surface area contributed by atoms with Crippen LogP contribution < -0.4 is 5.32 Å². The molecule has 0 fully saturated rings. The average Bonchev–Trinajstić information content (AvgIpc) is 3.08. The van der Waals surface area contributed by atoms with Gasteiger partial charge in [-0.3, -0.25) is 0 Å². The minimum absolute atomic E-state index is 0.844. The molecule has 3 rings (SSSR count). The SMILES string of the molecule is Brc1cc(CNc2cccc(-n3cccc3)c2)cs1. The Morgan fingerprint density at radius 2 is 1.95 bits per heavy atom. The highest BCUT2D eigenvalue weighted by Gasteiger charge is 1.99. The molecule has 0 atom stereocenters. The van der Waals surface area contributed by atoms with Gasteiger partial charge in [0, 0.05) is 30.3 Å². The van der Waals surface area contributed by atoms with Crippen LogP contribution in [0.1, 0.15) is 5.56 Å². The Bertz CT molecular complexity index is 658. The Balaban J connectivity index is 1.73. The van der Waals surface area contributed by atoms with Crippen molar-refractivity contribution >= 4 is 33.0 Å². The van der Waals surface area contributed by atoms with Crippen LogP contribution in [0.15, 0.2) is 64.0 Å². The van der Waals surface area contributed by atoms with Crippen LogP contribution in [0.5, 0.6) is 0 Å². The summed E-state index contributed by atoms with van der Waals surface area (Å²) in [6.07, 6.45) is 4.10. The third-order valence-electron chi connectivity index (χ3n) is 2.87. The molecule has 0 aliphatic carbocycles. The second-order valence-corrected chi connectivity index (χ2v) is 6.54. The van der Waals surface area contributed by atoms with E-state index in [4.69, 9.17) is 0 Å². The predicted octanol–water partition coefficient (Wildman–Crippen LogP) is 4.91. The maximum atomic E-state index is 3.48. The molecule has 1 aromatic carbocycles. The summed E-state index contributed by atoms with van der Waals surface area (Å²) < 4.78 is 3.28. The van der Waals surface area contributed by atoms with Crippen LogP contribution >= 0.6 is 27.3 Å². The van der Waals surface area contributed by atoms with Crippen LogP contribution in [0.4, 0.5) is 5.69 Å². The Labute approximate surface area is 124 Å². The minimum Gasteiger partial charge on any atom is -0.381 e. The summed E-state index contributed by atoms with van der Waals surface area (Å²) in [7, 11) is 0. The highest BCUT2D eigenvalue weighted by molar-refractivity contribution is 9.11. The highest BCUT2D eigenvalue weighted by Crippen LogP contribution is 2.22. The fourth-order valence-electron chi connectivity index (χ4n) is 1.93. The molecule has 1 N–H and O–H groups in total. The van der Waals surface area contributed by atoms with E-state index in [1.54, 1.807) is 11.3 Å². The van der Waals surface area contributed by atoms with E-state index in [0.717, 1.165) is 12.2 Å². The van der Waals surface area contributed by atoms with Crippen molar-refractivity contribution < 1.29 is 0 Å². The zero-order valence-electron chi connectivity index (χ0n) is 10.2. The molecular weight excluding hydrogens is 320 g/mol. The van der Waals surface area contributed by atoms with Gasteiger partial charge in [0.25, 0.3) is 0 Å². The highest BCUT2D eigenvalue weighted by atomic mass is 79.9. The van der Waals surface area contributed by atoms with E-state index >= 15 is 0 Å². The number of aromatic nitrogens is 1. The lowest BCUT2D eigenvalue weighted by atomic mass is 10.2. The first-order valence-electron chi connectivity index (χ1n) is 6.01. The maximum absolute atomic E-state index is 3.48. The molecule has 2 heterocycles. The van der Waals surface area contributed by atoms with E-state index in [1.165, 1.54) is 15.0 Å². The fraction of sp³-hybridized carbons (Fsp3) is 0.0667. The van der Waals surface area contributed by atoms with Gasteiger partial charge in [-0.15, -0.1) is 11.3 Å². The van der Waals surface area contributed by atoms with E-state index in [2.05, 4.69) is 73.9 Å². The summed E-state index contributed by atoms with van der Waals surface area (Å²) in [6, 6.07) is 14.6. The predicted molar refractivity (Wildman–Crippen MR) is 85.1 cm³/mol. The molecule has 0 saturated heterocycles. The van der Waals surface area contributed by atoms with Crippen molar-refractivity contribution in [3.05, 3.63) is 69.6 Å². The summed E-state index contributed by atoms with van der Waals surface area (Å²) in [5, 5.41) is 5.61. The van der Waals surface area contributed by atoms with Crippen LogP contribution in [0.3, 0.4) is 0 Å². The van der Waals surface area contributed by atoms with Crippen LogP contribution in [0.2, 0.25) is 0 Å². The number of rotatable bonds is 4. The fourth-order valence-corrected chi connectivity index (χ4v) is 3.13. The Morgan fingerprint density at radius 3 is 2.68 bits per heavy atom. The number of thiophene rings is 1. The van der Waals surface area contributed by atoms with Gasteiger partial charge in [-0.25, -0.2) is 0 Å². The molecular formula is C15H13BrN2S. The summed E-state index contributed by atoms with van der Waals surface area (Å²) >= 11 is 5.20. The first-order valence-corrected chi connectivity index (χ1v) is 7.69. The molecule has 3 aromatic rings. The molecule has 0 spiro atoms. The van der Waals surface area contributed by atoms with Crippen molar-refractivity contribution in [3.8, 4) is 5.69 Å². The van der Waals surface area contributed by atoms with Gasteiger partial charge >= 0.3 is 0 Å². The summed E-state index contributed by atoms with van der Waals surface area (Å²) in [4.78, 5) is 0. The van der Waals surface area contributed by atoms with E-state index in [-0.39, 0.29) is 0 Å². The van der Waals surface area contributed by atoms with Crippen molar-refractivity contribution in [1.29, 1.82) is 0 Å². The maximum Gasteiger partial charge on any atom is 0.0701 e. The Hall–Kier alpha value is -1.52. The minimum atomic E-state index is 0.844. The van der Waals surface area contributed by atoms with Crippen LogP contribution in [-0.4, -0.2) is 4.57 Å². The molecule has 2 nitrogen and oxygen atoms in total. The number of hydrogen-bond acceptors (Lipinski definition) is 2. The quantitative estimate of drug-likeness (QED) is 0.718. The van der Waals surface area contributed by atoms with Crippen molar-refractivity contribution in [3.63, 3.8) is 0 Å². The lowest BCUT2D eigenvalue weighted by Crippen LogP contribution is -1.99. The molecule has 0 saturated carbocycles. The number of halogens is 1. The second kappa shape index (κ2) is 5.63. The lowest BCUT2D eigenvalue weighted by molar-refractivity contribution is 1.07. The van der Waals surface area contributed by atoms with Crippen LogP contribution in [0.25, 0.3) is 5.69 Å². The van der Waals surface area contributed by atoms with Gasteiger partial charge in [-0.1, -0.05) is 6.07 Å². The molecule has 2 aromatic heterocycles. The van der Waals surface area contributed by atoms with E-state index in [0.29, 0.717) is 0 Å². The van der Waals surface area contributed by atoms with Gasteiger partial charge in [0.15, 0.2) is 0 Å². The molecule has 4 heteroatoms. The molecule has 96 valence electrons. The molecule has 0 radical (unpaired) electrons. The van der Waals surface area contributed by atoms with E-state index in [1.807, 2.05) is 12.1 Å². The van der Waals surface area contributed by atoms with Crippen LogP contribution in [-0.2, 0) is 6.54 Å². The van der Waals surface area contributed by atoms with Gasteiger partial charge in [0.1, 0.15) is 0 Å². The van der Waals surface area contributed by atoms with Crippen molar-refractivity contribution in [1.82, 2.24) is 4.57 Å². The number of hydrogen-bond donors (Lipinski definition) is 1. The molecule has 0 amide bonds. The number of nitrogens with zero attached hydrogens (tertiary/aromatic N) is 1. The zero-order chi connectivity index (χ0) is 13.1. The summed E-state index contributed by atoms with van der Waals surface area (Å²) in [6.45, 7) is 0.844. The van der Waals surface area contributed by atoms with E-state index < -0.39 is 0 Å². The van der Waals surface area contributed by atoms with Crippen molar-refractivity contribution in [2.24, 2.45) is 0 Å². The topological polar surface area (TPSA) is 17.0 Å². The smallest absolute Gasteiger partial charge is 0.0701 e. The summed E-state index contributed by atoms with van der Waals surface area (Å²) in [5.41, 5.74) is 3.60. The second-order valence-electron chi connectivity index (χ2n) is 4.25. The van der Waals surface area contributed by atoms with Gasteiger partial charge in [-0.05, 0) is 63.3 Å². The normalized spacial score (nSPS) is 10.6. The first-order chi connectivity index (χ1) is 9.31. The van der Waals surface area contributed by atoms with Gasteiger partial charge in [0.2, 0.25) is 0 Å².